The molecule has 0 bridgehead atoms. The first-order valence-electron chi connectivity index (χ1n) is 9.03. The summed E-state index contributed by atoms with van der Waals surface area (Å²) < 4.78 is 10.7. The molecule has 3 rings (SSSR count). The van der Waals surface area contributed by atoms with Gasteiger partial charge >= 0.3 is 0 Å². The summed E-state index contributed by atoms with van der Waals surface area (Å²) in [6, 6.07) is 9.13. The molecule has 0 aliphatic carbocycles. The third-order valence-electron chi connectivity index (χ3n) is 4.53. The Labute approximate surface area is 153 Å². The fourth-order valence-electron chi connectivity index (χ4n) is 3.06. The average molecular weight is 356 g/mol. The van der Waals surface area contributed by atoms with Gasteiger partial charge < -0.3 is 19.4 Å². The standard InChI is InChI=1S/C20H24N2O4/c1-2-12-26-18-6-4-3-5-17(18)21-19(23)15-7-10-22(11-8-15)20(24)16-9-13-25-14-16/h3-6,9,13-15H,2,7-8,10-12H2,1H3,(H,21,23). The van der Waals surface area contributed by atoms with E-state index in [4.69, 9.17) is 9.15 Å². The van der Waals surface area contributed by atoms with E-state index in [-0.39, 0.29) is 17.7 Å². The van der Waals surface area contributed by atoms with E-state index in [1.54, 1.807) is 11.0 Å². The van der Waals surface area contributed by atoms with Crippen LogP contribution in [0.5, 0.6) is 5.75 Å². The first kappa shape index (κ1) is 18.0. The maximum atomic E-state index is 12.6. The number of para-hydroxylation sites is 2. The second-order valence-electron chi connectivity index (χ2n) is 6.41. The summed E-state index contributed by atoms with van der Waals surface area (Å²) in [5, 5.41) is 2.98. The Morgan fingerprint density at radius 1 is 1.23 bits per heavy atom. The number of hydrogen-bond donors (Lipinski definition) is 1. The highest BCUT2D eigenvalue weighted by Crippen LogP contribution is 2.26. The predicted octanol–water partition coefficient (Wildman–Crippen LogP) is 3.56. The summed E-state index contributed by atoms with van der Waals surface area (Å²) in [6.45, 7) is 3.79. The second kappa shape index (κ2) is 8.56. The van der Waals surface area contributed by atoms with Crippen molar-refractivity contribution in [3.8, 4) is 5.75 Å². The van der Waals surface area contributed by atoms with Gasteiger partial charge in [-0.3, -0.25) is 9.59 Å². The summed E-state index contributed by atoms with van der Waals surface area (Å²) in [7, 11) is 0. The fraction of sp³-hybridized carbons (Fsp3) is 0.400. The first-order chi connectivity index (χ1) is 12.7. The molecule has 1 aromatic carbocycles. The minimum Gasteiger partial charge on any atom is -0.491 e. The Hall–Kier alpha value is -2.76. The van der Waals surface area contributed by atoms with Gasteiger partial charge in [-0.25, -0.2) is 0 Å². The molecule has 6 heteroatoms. The lowest BCUT2D eigenvalue weighted by molar-refractivity contribution is -0.121. The summed E-state index contributed by atoms with van der Waals surface area (Å²) in [6.07, 6.45) is 5.14. The number of benzene rings is 1. The quantitative estimate of drug-likeness (QED) is 0.859. The second-order valence-corrected chi connectivity index (χ2v) is 6.41. The van der Waals surface area contributed by atoms with Gasteiger partial charge in [-0.15, -0.1) is 0 Å². The Kier molecular flexibility index (Phi) is 5.94. The molecule has 26 heavy (non-hydrogen) atoms. The maximum absolute atomic E-state index is 12.6. The molecule has 2 heterocycles. The van der Waals surface area contributed by atoms with Crippen molar-refractivity contribution >= 4 is 17.5 Å². The highest BCUT2D eigenvalue weighted by molar-refractivity contribution is 5.95. The van der Waals surface area contributed by atoms with Gasteiger partial charge in [0.2, 0.25) is 5.91 Å². The fourth-order valence-corrected chi connectivity index (χ4v) is 3.06. The van der Waals surface area contributed by atoms with E-state index in [1.165, 1.54) is 12.5 Å². The molecule has 0 atom stereocenters. The molecule has 1 N–H and O–H groups in total. The van der Waals surface area contributed by atoms with E-state index >= 15 is 0 Å². The van der Waals surface area contributed by atoms with Crippen LogP contribution in [0.1, 0.15) is 36.5 Å². The number of carbonyl (C=O) groups is 2. The van der Waals surface area contributed by atoms with Crippen LogP contribution in [0.15, 0.2) is 47.3 Å². The maximum Gasteiger partial charge on any atom is 0.257 e. The lowest BCUT2D eigenvalue weighted by Crippen LogP contribution is -2.41. The number of rotatable bonds is 6. The number of piperidine rings is 1. The molecule has 2 amide bonds. The van der Waals surface area contributed by atoms with Gasteiger partial charge in [-0.1, -0.05) is 19.1 Å². The number of furan rings is 1. The molecule has 0 saturated carbocycles. The molecule has 1 fully saturated rings. The highest BCUT2D eigenvalue weighted by Gasteiger charge is 2.28. The van der Waals surface area contributed by atoms with Crippen LogP contribution in [-0.4, -0.2) is 36.4 Å². The molecule has 1 aliphatic heterocycles. The Bertz CT molecular complexity index is 734. The van der Waals surface area contributed by atoms with E-state index in [1.807, 2.05) is 31.2 Å². The van der Waals surface area contributed by atoms with Crippen LogP contribution >= 0.6 is 0 Å². The number of nitrogens with zero attached hydrogens (tertiary/aromatic N) is 1. The topological polar surface area (TPSA) is 71.8 Å². The van der Waals surface area contributed by atoms with Gasteiger partial charge in [-0.05, 0) is 37.5 Å². The van der Waals surface area contributed by atoms with Crippen LogP contribution in [-0.2, 0) is 4.79 Å². The number of amides is 2. The zero-order chi connectivity index (χ0) is 18.4. The van der Waals surface area contributed by atoms with Crippen LogP contribution in [0.25, 0.3) is 0 Å². The largest absolute Gasteiger partial charge is 0.491 e. The molecule has 0 spiro atoms. The first-order valence-corrected chi connectivity index (χ1v) is 9.03. The van der Waals surface area contributed by atoms with Crippen molar-refractivity contribution in [1.82, 2.24) is 4.90 Å². The van der Waals surface area contributed by atoms with Crippen molar-refractivity contribution in [3.63, 3.8) is 0 Å². The zero-order valence-electron chi connectivity index (χ0n) is 14.9. The molecule has 1 saturated heterocycles. The molecule has 0 radical (unpaired) electrons. The molecule has 1 aliphatic rings. The highest BCUT2D eigenvalue weighted by atomic mass is 16.5. The normalized spacial score (nSPS) is 14.9. The van der Waals surface area contributed by atoms with Gasteiger partial charge in [0, 0.05) is 19.0 Å². The van der Waals surface area contributed by atoms with Gasteiger partial charge in [0.25, 0.3) is 5.91 Å². The molecule has 2 aromatic rings. The number of anilines is 1. The summed E-state index contributed by atoms with van der Waals surface area (Å²) in [5.74, 6) is 0.516. The van der Waals surface area contributed by atoms with Crippen molar-refractivity contribution in [3.05, 3.63) is 48.4 Å². The number of likely N-dealkylation sites (tertiary alicyclic amines) is 1. The Balaban J connectivity index is 1.55. The van der Waals surface area contributed by atoms with Gasteiger partial charge in [0.15, 0.2) is 0 Å². The molecule has 6 nitrogen and oxygen atoms in total. The van der Waals surface area contributed by atoms with Crippen LogP contribution in [0, 0.1) is 5.92 Å². The SMILES string of the molecule is CCCOc1ccccc1NC(=O)C1CCN(C(=O)c2ccoc2)CC1. The van der Waals surface area contributed by atoms with Crippen LogP contribution in [0.4, 0.5) is 5.69 Å². The molecular weight excluding hydrogens is 332 g/mol. The number of carbonyl (C=O) groups excluding carboxylic acids is 2. The van der Waals surface area contributed by atoms with E-state index in [9.17, 15) is 9.59 Å². The third-order valence-corrected chi connectivity index (χ3v) is 4.53. The molecule has 138 valence electrons. The van der Waals surface area contributed by atoms with Crippen LogP contribution in [0.3, 0.4) is 0 Å². The lowest BCUT2D eigenvalue weighted by Gasteiger charge is -2.31. The van der Waals surface area contributed by atoms with E-state index in [0.29, 0.717) is 49.5 Å². The van der Waals surface area contributed by atoms with Crippen LogP contribution in [0.2, 0.25) is 0 Å². The Morgan fingerprint density at radius 3 is 2.69 bits per heavy atom. The van der Waals surface area contributed by atoms with Crippen LogP contribution < -0.4 is 10.1 Å². The number of ether oxygens (including phenoxy) is 1. The van der Waals surface area contributed by atoms with Gasteiger partial charge in [0.1, 0.15) is 12.0 Å². The summed E-state index contributed by atoms with van der Waals surface area (Å²) in [5.41, 5.74) is 1.25. The minimum absolute atomic E-state index is 0.0204. The monoisotopic (exact) mass is 356 g/mol. The number of nitrogens with one attached hydrogen (secondary N) is 1. The van der Waals surface area contributed by atoms with E-state index < -0.39 is 0 Å². The van der Waals surface area contributed by atoms with Crippen molar-refractivity contribution in [2.24, 2.45) is 5.92 Å². The Morgan fingerprint density at radius 2 is 2.00 bits per heavy atom. The molecule has 0 unspecified atom stereocenters. The van der Waals surface area contributed by atoms with Crippen molar-refractivity contribution in [1.29, 1.82) is 0 Å². The third kappa shape index (κ3) is 4.25. The molecular formula is C20H24N2O4. The van der Waals surface area contributed by atoms with E-state index in [2.05, 4.69) is 5.32 Å². The van der Waals surface area contributed by atoms with Crippen molar-refractivity contribution in [2.75, 3.05) is 25.0 Å². The van der Waals surface area contributed by atoms with Gasteiger partial charge in [-0.2, -0.15) is 0 Å². The van der Waals surface area contributed by atoms with Gasteiger partial charge in [0.05, 0.1) is 24.1 Å². The molecule has 1 aromatic heterocycles. The zero-order valence-corrected chi connectivity index (χ0v) is 14.9. The average Bonchev–Trinajstić information content (AvgIpc) is 3.21. The lowest BCUT2D eigenvalue weighted by atomic mass is 9.95. The predicted molar refractivity (Wildman–Crippen MR) is 98.2 cm³/mol. The van der Waals surface area contributed by atoms with Crippen molar-refractivity contribution in [2.45, 2.75) is 26.2 Å². The minimum atomic E-state index is -0.109. The van der Waals surface area contributed by atoms with E-state index in [0.717, 1.165) is 6.42 Å². The van der Waals surface area contributed by atoms with Crippen molar-refractivity contribution < 1.29 is 18.7 Å². The smallest absolute Gasteiger partial charge is 0.257 e. The number of hydrogen-bond acceptors (Lipinski definition) is 4. The summed E-state index contributed by atoms with van der Waals surface area (Å²) >= 11 is 0. The summed E-state index contributed by atoms with van der Waals surface area (Å²) in [4.78, 5) is 26.7.